The molecule has 1 rings (SSSR count). The van der Waals surface area contributed by atoms with Crippen molar-refractivity contribution in [2.45, 2.75) is 34.6 Å². The van der Waals surface area contributed by atoms with Crippen LogP contribution in [0.1, 0.15) is 34.6 Å². The van der Waals surface area contributed by atoms with Crippen LogP contribution < -0.4 is 0 Å². The molecule has 1 aliphatic heterocycles. The van der Waals surface area contributed by atoms with Crippen molar-refractivity contribution in [1.29, 1.82) is 0 Å². The average Bonchev–Trinajstić information content (AvgIpc) is 2.42. The van der Waals surface area contributed by atoms with Gasteiger partial charge in [-0.3, -0.25) is 4.79 Å². The van der Waals surface area contributed by atoms with Gasteiger partial charge >= 0.3 is 0 Å². The predicted octanol–water partition coefficient (Wildman–Crippen LogP) is 2.39. The molecule has 0 spiro atoms. The van der Waals surface area contributed by atoms with Gasteiger partial charge in [-0.15, -0.1) is 0 Å². The predicted molar refractivity (Wildman–Crippen MR) is 71.6 cm³/mol. The molecule has 0 N–H and O–H groups in total. The third-order valence-corrected chi connectivity index (χ3v) is 2.31. The molecule has 1 fully saturated rings. The van der Waals surface area contributed by atoms with E-state index < -0.39 is 0 Å². The Hall–Kier alpha value is -0.830. The fourth-order valence-corrected chi connectivity index (χ4v) is 1.41. The Kier molecular flexibility index (Phi) is 13.4. The highest BCUT2D eigenvalue weighted by Crippen LogP contribution is 2.01. The fourth-order valence-electron chi connectivity index (χ4n) is 1.41. The van der Waals surface area contributed by atoms with Gasteiger partial charge in [0, 0.05) is 26.2 Å². The number of likely N-dealkylation sites (N-methyl/N-ethyl adjacent to an activating group) is 1. The van der Waals surface area contributed by atoms with Gasteiger partial charge in [-0.1, -0.05) is 41.2 Å². The third kappa shape index (κ3) is 6.62. The van der Waals surface area contributed by atoms with Crippen LogP contribution in [0.5, 0.6) is 0 Å². The lowest BCUT2D eigenvalue weighted by atomic mass is 10.3. The SMILES string of the molecule is C=CC(=O)N1CCN(CC)CC1.CC.CC. The molecule has 0 atom stereocenters. The molecule has 16 heavy (non-hydrogen) atoms. The minimum Gasteiger partial charge on any atom is -0.337 e. The monoisotopic (exact) mass is 228 g/mol. The number of amides is 1. The van der Waals surface area contributed by atoms with Crippen LogP contribution in [-0.2, 0) is 4.79 Å². The first kappa shape index (κ1) is 17.6. The first-order valence-corrected chi connectivity index (χ1v) is 6.41. The van der Waals surface area contributed by atoms with Crippen LogP contribution in [0.4, 0.5) is 0 Å². The van der Waals surface area contributed by atoms with E-state index in [0.717, 1.165) is 32.7 Å². The first-order chi connectivity index (χ1) is 7.77. The van der Waals surface area contributed by atoms with Crippen LogP contribution in [-0.4, -0.2) is 48.4 Å². The van der Waals surface area contributed by atoms with E-state index in [2.05, 4.69) is 18.4 Å². The Labute approximate surface area is 101 Å². The van der Waals surface area contributed by atoms with Crippen molar-refractivity contribution in [1.82, 2.24) is 9.80 Å². The molecule has 96 valence electrons. The molecule has 1 saturated heterocycles. The zero-order chi connectivity index (χ0) is 13.0. The molecule has 0 aromatic carbocycles. The number of carbonyl (C=O) groups is 1. The van der Waals surface area contributed by atoms with Gasteiger partial charge in [0.2, 0.25) is 5.91 Å². The van der Waals surface area contributed by atoms with Crippen molar-refractivity contribution < 1.29 is 4.79 Å². The molecule has 0 unspecified atom stereocenters. The second-order valence-corrected chi connectivity index (χ2v) is 2.96. The van der Waals surface area contributed by atoms with Gasteiger partial charge in [-0.05, 0) is 12.6 Å². The molecule has 1 aliphatic rings. The smallest absolute Gasteiger partial charge is 0.246 e. The summed E-state index contributed by atoms with van der Waals surface area (Å²) in [6.07, 6.45) is 1.39. The highest BCUT2D eigenvalue weighted by Gasteiger charge is 2.17. The van der Waals surface area contributed by atoms with Gasteiger partial charge in [0.25, 0.3) is 0 Å². The summed E-state index contributed by atoms with van der Waals surface area (Å²) in [5.74, 6) is 0.0609. The summed E-state index contributed by atoms with van der Waals surface area (Å²) in [7, 11) is 0. The Bertz CT molecular complexity index is 173. The number of carbonyl (C=O) groups excluding carboxylic acids is 1. The largest absolute Gasteiger partial charge is 0.337 e. The molecule has 0 aromatic heterocycles. The second kappa shape index (κ2) is 12.2. The Balaban J connectivity index is 0. The topological polar surface area (TPSA) is 23.6 Å². The molecule has 0 saturated carbocycles. The molecule has 3 heteroatoms. The molecular weight excluding hydrogens is 200 g/mol. The molecule has 0 bridgehead atoms. The van der Waals surface area contributed by atoms with Crippen molar-refractivity contribution in [3.63, 3.8) is 0 Å². The maximum Gasteiger partial charge on any atom is 0.246 e. The minimum absolute atomic E-state index is 0.0609. The van der Waals surface area contributed by atoms with E-state index in [0.29, 0.717) is 0 Å². The van der Waals surface area contributed by atoms with Gasteiger partial charge in [0.15, 0.2) is 0 Å². The molecule has 0 aromatic rings. The van der Waals surface area contributed by atoms with Crippen LogP contribution >= 0.6 is 0 Å². The van der Waals surface area contributed by atoms with Crippen molar-refractivity contribution in [2.24, 2.45) is 0 Å². The van der Waals surface area contributed by atoms with E-state index in [-0.39, 0.29) is 5.91 Å². The van der Waals surface area contributed by atoms with E-state index in [1.54, 1.807) is 0 Å². The normalized spacial score (nSPS) is 15.2. The Morgan fingerprint density at radius 1 is 1.12 bits per heavy atom. The van der Waals surface area contributed by atoms with Gasteiger partial charge in [-0.25, -0.2) is 0 Å². The second-order valence-electron chi connectivity index (χ2n) is 2.96. The summed E-state index contributed by atoms with van der Waals surface area (Å²) in [6, 6.07) is 0. The minimum atomic E-state index is 0.0609. The van der Waals surface area contributed by atoms with E-state index in [9.17, 15) is 4.79 Å². The lowest BCUT2D eigenvalue weighted by molar-refractivity contribution is -0.127. The average molecular weight is 228 g/mol. The van der Waals surface area contributed by atoms with E-state index >= 15 is 0 Å². The van der Waals surface area contributed by atoms with Gasteiger partial charge in [0.1, 0.15) is 0 Å². The number of piperazine rings is 1. The van der Waals surface area contributed by atoms with Crippen LogP contribution in [0.15, 0.2) is 12.7 Å². The van der Waals surface area contributed by atoms with Crippen molar-refractivity contribution in [3.8, 4) is 0 Å². The number of hydrogen-bond acceptors (Lipinski definition) is 2. The lowest BCUT2D eigenvalue weighted by Crippen LogP contribution is -2.47. The highest BCUT2D eigenvalue weighted by molar-refractivity contribution is 5.87. The summed E-state index contributed by atoms with van der Waals surface area (Å²) in [4.78, 5) is 15.3. The Morgan fingerprint density at radius 3 is 1.88 bits per heavy atom. The lowest BCUT2D eigenvalue weighted by Gasteiger charge is -2.33. The molecular formula is C13H28N2O. The highest BCUT2D eigenvalue weighted by atomic mass is 16.2. The fraction of sp³-hybridized carbons (Fsp3) is 0.769. The van der Waals surface area contributed by atoms with E-state index in [1.165, 1.54) is 6.08 Å². The van der Waals surface area contributed by atoms with Crippen molar-refractivity contribution in [2.75, 3.05) is 32.7 Å². The quantitative estimate of drug-likeness (QED) is 0.678. The van der Waals surface area contributed by atoms with Gasteiger partial charge in [-0.2, -0.15) is 0 Å². The van der Waals surface area contributed by atoms with Crippen LogP contribution in [0.25, 0.3) is 0 Å². The standard InChI is InChI=1S/C9H16N2O.2C2H6/c1-3-9(12)11-7-5-10(4-2)6-8-11;2*1-2/h3H,1,4-8H2,2H3;2*1-2H3. The number of hydrogen-bond donors (Lipinski definition) is 0. The van der Waals surface area contributed by atoms with E-state index in [1.807, 2.05) is 32.6 Å². The van der Waals surface area contributed by atoms with Crippen LogP contribution in [0.2, 0.25) is 0 Å². The zero-order valence-electron chi connectivity index (χ0n) is 11.6. The number of nitrogens with zero attached hydrogens (tertiary/aromatic N) is 2. The summed E-state index contributed by atoms with van der Waals surface area (Å²) < 4.78 is 0. The van der Waals surface area contributed by atoms with E-state index in [4.69, 9.17) is 0 Å². The van der Waals surface area contributed by atoms with Gasteiger partial charge < -0.3 is 9.80 Å². The summed E-state index contributed by atoms with van der Waals surface area (Å²) in [5.41, 5.74) is 0. The molecule has 1 heterocycles. The maximum absolute atomic E-state index is 11.2. The summed E-state index contributed by atoms with van der Waals surface area (Å²) >= 11 is 0. The van der Waals surface area contributed by atoms with Crippen LogP contribution in [0.3, 0.4) is 0 Å². The van der Waals surface area contributed by atoms with Crippen molar-refractivity contribution >= 4 is 5.91 Å². The summed E-state index contributed by atoms with van der Waals surface area (Å²) in [5, 5.41) is 0. The summed E-state index contributed by atoms with van der Waals surface area (Å²) in [6.45, 7) is 18.4. The molecule has 0 radical (unpaired) electrons. The van der Waals surface area contributed by atoms with Crippen molar-refractivity contribution in [3.05, 3.63) is 12.7 Å². The van der Waals surface area contributed by atoms with Gasteiger partial charge in [0.05, 0.1) is 0 Å². The Morgan fingerprint density at radius 2 is 1.56 bits per heavy atom. The molecule has 3 nitrogen and oxygen atoms in total. The first-order valence-electron chi connectivity index (χ1n) is 6.41. The zero-order valence-corrected chi connectivity index (χ0v) is 11.6. The van der Waals surface area contributed by atoms with Crippen LogP contribution in [0, 0.1) is 0 Å². The number of rotatable bonds is 2. The molecule has 1 amide bonds. The maximum atomic E-state index is 11.2. The molecule has 0 aliphatic carbocycles. The third-order valence-electron chi connectivity index (χ3n) is 2.31.